The van der Waals surface area contributed by atoms with Crippen LogP contribution in [0, 0.1) is 0 Å². The number of aromatic nitrogens is 3. The molecule has 0 bridgehead atoms. The molecule has 1 N–H and O–H groups in total. The van der Waals surface area contributed by atoms with Crippen LogP contribution in [0.1, 0.15) is 22.1 Å². The number of ether oxygens (including phenoxy) is 2. The Labute approximate surface area is 121 Å². The second kappa shape index (κ2) is 7.34. The Morgan fingerprint density at radius 3 is 3.05 bits per heavy atom. The lowest BCUT2D eigenvalue weighted by Crippen LogP contribution is -2.23. The van der Waals surface area contributed by atoms with E-state index in [-0.39, 0.29) is 18.3 Å². The predicted octanol–water partition coefficient (Wildman–Crippen LogP) is 0.592. The van der Waals surface area contributed by atoms with E-state index in [0.717, 1.165) is 0 Å². The monoisotopic (exact) mass is 292 g/mol. The zero-order valence-corrected chi connectivity index (χ0v) is 11.8. The Hall–Kier alpha value is -2.48. The number of hydrogen-bond acceptors (Lipinski definition) is 7. The first-order valence-corrected chi connectivity index (χ1v) is 6.32. The lowest BCUT2D eigenvalue weighted by atomic mass is 10.2. The van der Waals surface area contributed by atoms with E-state index in [9.17, 15) is 4.79 Å². The van der Waals surface area contributed by atoms with Gasteiger partial charge in [-0.15, -0.1) is 0 Å². The Bertz CT molecular complexity index is 599. The summed E-state index contributed by atoms with van der Waals surface area (Å²) in [6.07, 6.45) is 2.11. The molecule has 0 atom stereocenters. The van der Waals surface area contributed by atoms with Crippen molar-refractivity contribution >= 4 is 5.91 Å². The van der Waals surface area contributed by atoms with E-state index in [1.165, 1.54) is 7.11 Å². The molecule has 8 heteroatoms. The second-order valence-corrected chi connectivity index (χ2v) is 4.09. The summed E-state index contributed by atoms with van der Waals surface area (Å²) in [4.78, 5) is 20.1. The summed E-state index contributed by atoms with van der Waals surface area (Å²) in [5.74, 6) is 0.815. The molecule has 2 aromatic rings. The first-order valence-electron chi connectivity index (χ1n) is 6.32. The molecule has 0 aliphatic rings. The quantitative estimate of drug-likeness (QED) is 0.797. The van der Waals surface area contributed by atoms with E-state index in [2.05, 4.69) is 20.4 Å². The van der Waals surface area contributed by atoms with Gasteiger partial charge < -0.3 is 19.3 Å². The minimum Gasteiger partial charge on any atom is -0.480 e. The average Bonchev–Trinajstić information content (AvgIpc) is 2.98. The SMILES string of the molecule is COCCc1noc(CNC(=O)c2cccnc2OC)n1. The molecular formula is C13H16N4O4. The maximum absolute atomic E-state index is 12.0. The highest BCUT2D eigenvalue weighted by atomic mass is 16.5. The highest BCUT2D eigenvalue weighted by molar-refractivity contribution is 5.96. The number of rotatable bonds is 7. The van der Waals surface area contributed by atoms with Crippen molar-refractivity contribution in [3.8, 4) is 5.88 Å². The Morgan fingerprint density at radius 2 is 2.29 bits per heavy atom. The summed E-state index contributed by atoms with van der Waals surface area (Å²) in [6.45, 7) is 0.648. The zero-order chi connectivity index (χ0) is 15.1. The Balaban J connectivity index is 1.93. The van der Waals surface area contributed by atoms with Gasteiger partial charge in [0, 0.05) is 19.7 Å². The highest BCUT2D eigenvalue weighted by Crippen LogP contribution is 2.13. The fourth-order valence-corrected chi connectivity index (χ4v) is 1.63. The summed E-state index contributed by atoms with van der Waals surface area (Å²) in [5.41, 5.74) is 0.346. The fourth-order valence-electron chi connectivity index (χ4n) is 1.63. The summed E-state index contributed by atoms with van der Waals surface area (Å²) >= 11 is 0. The molecule has 0 saturated carbocycles. The minimum absolute atomic E-state index is 0.136. The highest BCUT2D eigenvalue weighted by Gasteiger charge is 2.14. The molecular weight excluding hydrogens is 276 g/mol. The molecule has 8 nitrogen and oxygen atoms in total. The molecule has 0 aliphatic carbocycles. The predicted molar refractivity (Wildman–Crippen MR) is 71.8 cm³/mol. The number of carbonyl (C=O) groups is 1. The van der Waals surface area contributed by atoms with E-state index < -0.39 is 0 Å². The number of nitrogens with zero attached hydrogens (tertiary/aromatic N) is 3. The first kappa shape index (κ1) is 14.9. The van der Waals surface area contributed by atoms with Gasteiger partial charge in [-0.2, -0.15) is 4.98 Å². The largest absolute Gasteiger partial charge is 0.480 e. The molecule has 2 rings (SSSR count). The molecule has 112 valence electrons. The molecule has 1 amide bonds. The van der Waals surface area contributed by atoms with Gasteiger partial charge in [0.2, 0.25) is 11.8 Å². The van der Waals surface area contributed by atoms with Crippen molar-refractivity contribution in [2.45, 2.75) is 13.0 Å². The van der Waals surface area contributed by atoms with Gasteiger partial charge in [-0.3, -0.25) is 4.79 Å². The summed E-state index contributed by atoms with van der Waals surface area (Å²) < 4.78 is 15.0. The van der Waals surface area contributed by atoms with Gasteiger partial charge in [-0.1, -0.05) is 5.16 Å². The lowest BCUT2D eigenvalue weighted by molar-refractivity contribution is 0.0942. The normalized spacial score (nSPS) is 10.4. The van der Waals surface area contributed by atoms with Crippen LogP contribution in [-0.4, -0.2) is 41.9 Å². The van der Waals surface area contributed by atoms with Gasteiger partial charge in [-0.25, -0.2) is 4.98 Å². The van der Waals surface area contributed by atoms with Crippen LogP contribution < -0.4 is 10.1 Å². The molecule has 0 saturated heterocycles. The number of amides is 1. The Morgan fingerprint density at radius 1 is 1.43 bits per heavy atom. The number of hydrogen-bond donors (Lipinski definition) is 1. The van der Waals surface area contributed by atoms with Crippen LogP contribution in [-0.2, 0) is 17.7 Å². The van der Waals surface area contributed by atoms with Gasteiger partial charge in [0.15, 0.2) is 5.82 Å². The van der Waals surface area contributed by atoms with Crippen molar-refractivity contribution in [3.05, 3.63) is 35.6 Å². The van der Waals surface area contributed by atoms with E-state index in [4.69, 9.17) is 14.0 Å². The van der Waals surface area contributed by atoms with Crippen molar-refractivity contribution in [2.24, 2.45) is 0 Å². The smallest absolute Gasteiger partial charge is 0.257 e. The summed E-state index contributed by atoms with van der Waals surface area (Å²) in [5, 5.41) is 6.46. The van der Waals surface area contributed by atoms with E-state index in [1.807, 2.05) is 0 Å². The number of nitrogens with one attached hydrogen (secondary N) is 1. The fraction of sp³-hybridized carbons (Fsp3) is 0.385. The number of carbonyl (C=O) groups excluding carboxylic acids is 1. The molecule has 0 aromatic carbocycles. The van der Waals surface area contributed by atoms with Crippen molar-refractivity contribution in [3.63, 3.8) is 0 Å². The van der Waals surface area contributed by atoms with Crippen molar-refractivity contribution in [1.82, 2.24) is 20.4 Å². The van der Waals surface area contributed by atoms with Crippen molar-refractivity contribution in [1.29, 1.82) is 0 Å². The topological polar surface area (TPSA) is 99.4 Å². The van der Waals surface area contributed by atoms with Crippen LogP contribution in [0.25, 0.3) is 0 Å². The minimum atomic E-state index is -0.323. The van der Waals surface area contributed by atoms with Gasteiger partial charge >= 0.3 is 0 Å². The zero-order valence-electron chi connectivity index (χ0n) is 11.8. The molecule has 21 heavy (non-hydrogen) atoms. The van der Waals surface area contributed by atoms with Crippen molar-refractivity contribution in [2.75, 3.05) is 20.8 Å². The standard InChI is InChI=1S/C13H16N4O4/c1-19-7-5-10-16-11(21-17-10)8-15-12(18)9-4-3-6-14-13(9)20-2/h3-4,6H,5,7-8H2,1-2H3,(H,15,18). The summed E-state index contributed by atoms with van der Waals surface area (Å²) in [6, 6.07) is 3.28. The molecule has 2 aromatic heterocycles. The maximum Gasteiger partial charge on any atom is 0.257 e. The van der Waals surface area contributed by atoms with E-state index >= 15 is 0 Å². The van der Waals surface area contributed by atoms with E-state index in [0.29, 0.717) is 30.3 Å². The van der Waals surface area contributed by atoms with Crippen LogP contribution in [0.2, 0.25) is 0 Å². The first-order chi connectivity index (χ1) is 10.2. The Kier molecular flexibility index (Phi) is 5.22. The molecule has 0 fully saturated rings. The third kappa shape index (κ3) is 3.99. The molecule has 0 unspecified atom stereocenters. The van der Waals surface area contributed by atoms with Gasteiger partial charge in [0.05, 0.1) is 20.3 Å². The van der Waals surface area contributed by atoms with Gasteiger partial charge in [0.1, 0.15) is 5.56 Å². The van der Waals surface area contributed by atoms with Gasteiger partial charge in [0.25, 0.3) is 5.91 Å². The molecule has 0 radical (unpaired) electrons. The lowest BCUT2D eigenvalue weighted by Gasteiger charge is -2.06. The molecule has 0 aliphatic heterocycles. The van der Waals surface area contributed by atoms with Gasteiger partial charge in [-0.05, 0) is 12.1 Å². The third-order valence-electron chi connectivity index (χ3n) is 2.65. The molecule has 0 spiro atoms. The third-order valence-corrected chi connectivity index (χ3v) is 2.65. The number of pyridine rings is 1. The second-order valence-electron chi connectivity index (χ2n) is 4.09. The van der Waals surface area contributed by atoms with Crippen molar-refractivity contribution < 1.29 is 18.8 Å². The maximum atomic E-state index is 12.0. The van der Waals surface area contributed by atoms with Crippen LogP contribution in [0.3, 0.4) is 0 Å². The average molecular weight is 292 g/mol. The van der Waals surface area contributed by atoms with Crippen LogP contribution in [0.15, 0.2) is 22.9 Å². The number of methoxy groups -OCH3 is 2. The summed E-state index contributed by atoms with van der Waals surface area (Å²) in [7, 11) is 3.06. The molecule has 2 heterocycles. The van der Waals surface area contributed by atoms with Crippen LogP contribution >= 0.6 is 0 Å². The van der Waals surface area contributed by atoms with E-state index in [1.54, 1.807) is 25.4 Å². The van der Waals surface area contributed by atoms with Crippen LogP contribution in [0.4, 0.5) is 0 Å². The van der Waals surface area contributed by atoms with Crippen LogP contribution in [0.5, 0.6) is 5.88 Å².